The lowest BCUT2D eigenvalue weighted by molar-refractivity contribution is 0.0955. The second kappa shape index (κ2) is 7.37. The summed E-state index contributed by atoms with van der Waals surface area (Å²) in [5, 5.41) is 13.5. The summed E-state index contributed by atoms with van der Waals surface area (Å²) in [7, 11) is 0. The Bertz CT molecular complexity index is 697. The van der Waals surface area contributed by atoms with Crippen LogP contribution in [0, 0.1) is 3.57 Å². The lowest BCUT2D eigenvalue weighted by atomic mass is 10.2. The Kier molecular flexibility index (Phi) is 5.77. The maximum absolute atomic E-state index is 11.9. The van der Waals surface area contributed by atoms with Crippen LogP contribution in [0.4, 0.5) is 0 Å². The van der Waals surface area contributed by atoms with E-state index < -0.39 is 0 Å². The van der Waals surface area contributed by atoms with Gasteiger partial charge in [-0.05, 0) is 90.3 Å². The van der Waals surface area contributed by atoms with Crippen LogP contribution in [0.1, 0.15) is 15.9 Å². The van der Waals surface area contributed by atoms with Gasteiger partial charge in [0.2, 0.25) is 0 Å². The fraction of sp³-hybridized carbons (Fsp3) is 0. The molecule has 0 fully saturated rings. The molecule has 0 aliphatic heterocycles. The molecule has 4 nitrogen and oxygen atoms in total. The van der Waals surface area contributed by atoms with Crippen molar-refractivity contribution in [2.24, 2.45) is 5.10 Å². The first-order valence-corrected chi connectivity index (χ1v) is 8.41. The summed E-state index contributed by atoms with van der Waals surface area (Å²) < 4.78 is 2.07. The normalized spacial score (nSPS) is 10.8. The number of phenols is 1. The average molecular weight is 524 g/mol. The Labute approximate surface area is 152 Å². The summed E-state index contributed by atoms with van der Waals surface area (Å²) in [5.74, 6) is -0.156. The fourth-order valence-corrected chi connectivity index (χ4v) is 3.28. The van der Waals surface area contributed by atoms with Gasteiger partial charge in [0.15, 0.2) is 0 Å². The van der Waals surface area contributed by atoms with E-state index in [9.17, 15) is 9.90 Å². The van der Waals surface area contributed by atoms with E-state index in [1.807, 2.05) is 12.1 Å². The zero-order valence-corrected chi connectivity index (χ0v) is 15.8. The van der Waals surface area contributed by atoms with E-state index in [0.717, 1.165) is 9.13 Å². The average Bonchev–Trinajstić information content (AvgIpc) is 2.44. The van der Waals surface area contributed by atoms with Gasteiger partial charge in [-0.15, -0.1) is 0 Å². The number of hydrogen-bond donors (Lipinski definition) is 2. The summed E-state index contributed by atoms with van der Waals surface area (Å²) in [4.78, 5) is 11.9. The van der Waals surface area contributed by atoms with E-state index in [2.05, 4.69) is 65.0 Å². The van der Waals surface area contributed by atoms with Crippen molar-refractivity contribution in [3.8, 4) is 5.75 Å². The molecule has 0 atom stereocenters. The highest BCUT2D eigenvalue weighted by molar-refractivity contribution is 14.1. The number of nitrogens with one attached hydrogen (secondary N) is 1. The summed E-state index contributed by atoms with van der Waals surface area (Å²) in [6.07, 6.45) is 1.50. The molecule has 108 valence electrons. The van der Waals surface area contributed by atoms with Crippen molar-refractivity contribution >= 4 is 66.6 Å². The Hall–Kier alpha value is -0.930. The molecule has 0 bridgehead atoms. The zero-order chi connectivity index (χ0) is 15.4. The van der Waals surface area contributed by atoms with Crippen molar-refractivity contribution in [2.45, 2.75) is 0 Å². The van der Waals surface area contributed by atoms with Gasteiger partial charge < -0.3 is 5.11 Å². The first kappa shape index (κ1) is 16.4. The van der Waals surface area contributed by atoms with Gasteiger partial charge in [0.1, 0.15) is 5.75 Å². The topological polar surface area (TPSA) is 61.7 Å². The zero-order valence-electron chi connectivity index (χ0n) is 10.5. The van der Waals surface area contributed by atoms with Gasteiger partial charge in [0, 0.05) is 9.13 Å². The van der Waals surface area contributed by atoms with Crippen molar-refractivity contribution < 1.29 is 9.90 Å². The third-order valence-electron chi connectivity index (χ3n) is 2.51. The summed E-state index contributed by atoms with van der Waals surface area (Å²) in [6.45, 7) is 0. The SMILES string of the molecule is O=C(NN=Cc1cc(Br)c(O)c(Br)c1)c1cccc(I)c1. The van der Waals surface area contributed by atoms with Crippen LogP contribution < -0.4 is 5.43 Å². The van der Waals surface area contributed by atoms with E-state index in [1.54, 1.807) is 24.3 Å². The standard InChI is InChI=1S/C14H9Br2IN2O2/c15-11-4-8(5-12(16)13(11)20)7-18-19-14(21)9-2-1-3-10(17)6-9/h1-7,20H,(H,19,21). The Morgan fingerprint density at radius 3 is 2.52 bits per heavy atom. The monoisotopic (exact) mass is 522 g/mol. The van der Waals surface area contributed by atoms with Crippen LogP contribution in [0.3, 0.4) is 0 Å². The van der Waals surface area contributed by atoms with E-state index in [4.69, 9.17) is 0 Å². The predicted molar refractivity (Wildman–Crippen MR) is 97.7 cm³/mol. The molecule has 0 aliphatic carbocycles. The van der Waals surface area contributed by atoms with Crippen LogP contribution in [0.5, 0.6) is 5.75 Å². The largest absolute Gasteiger partial charge is 0.506 e. The van der Waals surface area contributed by atoms with Crippen molar-refractivity contribution in [3.63, 3.8) is 0 Å². The van der Waals surface area contributed by atoms with Crippen LogP contribution in [0.25, 0.3) is 0 Å². The van der Waals surface area contributed by atoms with Gasteiger partial charge >= 0.3 is 0 Å². The molecule has 0 aliphatic rings. The summed E-state index contributed by atoms with van der Waals surface area (Å²) in [6, 6.07) is 10.6. The number of hydrazone groups is 1. The van der Waals surface area contributed by atoms with Crippen LogP contribution in [-0.2, 0) is 0 Å². The number of nitrogens with zero attached hydrogens (tertiary/aromatic N) is 1. The molecule has 2 aromatic rings. The number of carbonyl (C=O) groups excluding carboxylic acids is 1. The number of hydrogen-bond acceptors (Lipinski definition) is 3. The van der Waals surface area contributed by atoms with Gasteiger partial charge in [0.25, 0.3) is 5.91 Å². The number of aromatic hydroxyl groups is 1. The van der Waals surface area contributed by atoms with Crippen molar-refractivity contribution in [3.05, 3.63) is 60.0 Å². The number of rotatable bonds is 3. The molecule has 0 unspecified atom stereocenters. The van der Waals surface area contributed by atoms with E-state index in [-0.39, 0.29) is 11.7 Å². The quantitative estimate of drug-likeness (QED) is 0.358. The molecule has 2 aromatic carbocycles. The van der Waals surface area contributed by atoms with E-state index >= 15 is 0 Å². The first-order chi connectivity index (χ1) is 9.97. The highest BCUT2D eigenvalue weighted by Crippen LogP contribution is 2.32. The second-order valence-corrected chi connectivity index (χ2v) is 7.00. The molecule has 7 heteroatoms. The van der Waals surface area contributed by atoms with Crippen molar-refractivity contribution in [1.82, 2.24) is 5.43 Å². The molecule has 1 amide bonds. The highest BCUT2D eigenvalue weighted by Gasteiger charge is 2.06. The van der Waals surface area contributed by atoms with Gasteiger partial charge in [0.05, 0.1) is 15.2 Å². The number of carbonyl (C=O) groups is 1. The van der Waals surface area contributed by atoms with E-state index in [1.165, 1.54) is 6.21 Å². The highest BCUT2D eigenvalue weighted by atomic mass is 127. The molecule has 0 saturated heterocycles. The molecule has 0 heterocycles. The van der Waals surface area contributed by atoms with Crippen LogP contribution in [0.2, 0.25) is 0 Å². The Balaban J connectivity index is 2.07. The molecular weight excluding hydrogens is 515 g/mol. The lowest BCUT2D eigenvalue weighted by Gasteiger charge is -2.02. The van der Waals surface area contributed by atoms with Crippen molar-refractivity contribution in [2.75, 3.05) is 0 Å². The van der Waals surface area contributed by atoms with Crippen molar-refractivity contribution in [1.29, 1.82) is 0 Å². The lowest BCUT2D eigenvalue weighted by Crippen LogP contribution is -2.17. The number of benzene rings is 2. The third kappa shape index (κ3) is 4.52. The minimum Gasteiger partial charge on any atom is -0.506 e. The number of halogens is 3. The molecule has 0 saturated carbocycles. The Morgan fingerprint density at radius 1 is 1.24 bits per heavy atom. The number of amides is 1. The smallest absolute Gasteiger partial charge is 0.271 e. The van der Waals surface area contributed by atoms with Crippen LogP contribution in [-0.4, -0.2) is 17.2 Å². The maximum Gasteiger partial charge on any atom is 0.271 e. The predicted octanol–water partition coefficient (Wildman–Crippen LogP) is 4.29. The molecule has 2 rings (SSSR count). The fourth-order valence-electron chi connectivity index (χ4n) is 1.52. The minimum atomic E-state index is -0.276. The molecule has 2 N–H and O–H groups in total. The van der Waals surface area contributed by atoms with Gasteiger partial charge in [-0.2, -0.15) is 5.10 Å². The van der Waals surface area contributed by atoms with Gasteiger partial charge in [-0.25, -0.2) is 5.43 Å². The van der Waals surface area contributed by atoms with Crippen LogP contribution in [0.15, 0.2) is 50.4 Å². The van der Waals surface area contributed by atoms with E-state index in [0.29, 0.717) is 14.5 Å². The van der Waals surface area contributed by atoms with Crippen LogP contribution >= 0.6 is 54.5 Å². The molecule has 21 heavy (non-hydrogen) atoms. The maximum atomic E-state index is 11.9. The molecule has 0 radical (unpaired) electrons. The second-order valence-electron chi connectivity index (χ2n) is 4.04. The third-order valence-corrected chi connectivity index (χ3v) is 4.39. The Morgan fingerprint density at radius 2 is 1.90 bits per heavy atom. The van der Waals surface area contributed by atoms with Gasteiger partial charge in [-0.3, -0.25) is 4.79 Å². The first-order valence-electron chi connectivity index (χ1n) is 5.74. The molecule has 0 spiro atoms. The van der Waals surface area contributed by atoms with Gasteiger partial charge in [-0.1, -0.05) is 6.07 Å². The summed E-state index contributed by atoms with van der Waals surface area (Å²) in [5.41, 5.74) is 3.74. The minimum absolute atomic E-state index is 0.120. The summed E-state index contributed by atoms with van der Waals surface area (Å²) >= 11 is 8.61. The number of phenolic OH excluding ortho intramolecular Hbond substituents is 1. The molecular formula is C14H9Br2IN2O2. The molecule has 0 aromatic heterocycles.